The summed E-state index contributed by atoms with van der Waals surface area (Å²) in [5.74, 6) is -0.280. The van der Waals surface area contributed by atoms with Crippen LogP contribution in [0.1, 0.15) is 16.7 Å². The molecule has 0 unspecified atom stereocenters. The van der Waals surface area contributed by atoms with Crippen LogP contribution in [0.5, 0.6) is 5.75 Å². The van der Waals surface area contributed by atoms with Gasteiger partial charge in [-0.25, -0.2) is 4.39 Å². The molecule has 23 heavy (non-hydrogen) atoms. The lowest BCUT2D eigenvalue weighted by Crippen LogP contribution is -2.34. The molecule has 1 aliphatic rings. The number of carbonyl (C=O) groups is 1. The first kappa shape index (κ1) is 15.3. The summed E-state index contributed by atoms with van der Waals surface area (Å²) >= 11 is 0. The molecule has 4 heteroatoms. The van der Waals surface area contributed by atoms with E-state index in [-0.39, 0.29) is 11.7 Å². The molecule has 0 radical (unpaired) electrons. The van der Waals surface area contributed by atoms with E-state index in [1.165, 1.54) is 30.4 Å². The Morgan fingerprint density at radius 1 is 1.22 bits per heavy atom. The van der Waals surface area contributed by atoms with E-state index in [0.717, 1.165) is 12.0 Å². The quantitative estimate of drug-likeness (QED) is 0.813. The lowest BCUT2D eigenvalue weighted by molar-refractivity contribution is -0.126. The lowest BCUT2D eigenvalue weighted by Gasteiger charge is -2.27. The van der Waals surface area contributed by atoms with Crippen LogP contribution in [0.3, 0.4) is 0 Å². The molecule has 2 aromatic rings. The van der Waals surface area contributed by atoms with Crippen molar-refractivity contribution in [3.63, 3.8) is 0 Å². The van der Waals surface area contributed by atoms with Crippen LogP contribution in [-0.4, -0.2) is 24.5 Å². The second-order valence-corrected chi connectivity index (χ2v) is 5.51. The number of rotatable bonds is 3. The van der Waals surface area contributed by atoms with Crippen molar-refractivity contribution >= 4 is 12.0 Å². The molecule has 2 aromatic carbocycles. The van der Waals surface area contributed by atoms with Crippen molar-refractivity contribution in [1.29, 1.82) is 0 Å². The van der Waals surface area contributed by atoms with Crippen LogP contribution < -0.4 is 4.74 Å². The van der Waals surface area contributed by atoms with Gasteiger partial charge in [0.05, 0.1) is 7.11 Å². The molecule has 0 aromatic heterocycles. The molecule has 0 fully saturated rings. The summed E-state index contributed by atoms with van der Waals surface area (Å²) in [4.78, 5) is 14.2. The van der Waals surface area contributed by atoms with Crippen LogP contribution in [-0.2, 0) is 17.8 Å². The van der Waals surface area contributed by atoms with Gasteiger partial charge in [-0.15, -0.1) is 0 Å². The minimum Gasteiger partial charge on any atom is -0.494 e. The number of methoxy groups -OCH3 is 1. The van der Waals surface area contributed by atoms with Gasteiger partial charge in [0.15, 0.2) is 11.6 Å². The maximum absolute atomic E-state index is 13.4. The van der Waals surface area contributed by atoms with Gasteiger partial charge in [0.25, 0.3) is 0 Å². The topological polar surface area (TPSA) is 29.5 Å². The number of benzene rings is 2. The van der Waals surface area contributed by atoms with Crippen LogP contribution in [0.15, 0.2) is 48.5 Å². The van der Waals surface area contributed by atoms with Crippen molar-refractivity contribution in [2.75, 3.05) is 13.7 Å². The van der Waals surface area contributed by atoms with Gasteiger partial charge in [0.1, 0.15) is 0 Å². The van der Waals surface area contributed by atoms with E-state index >= 15 is 0 Å². The van der Waals surface area contributed by atoms with E-state index in [4.69, 9.17) is 4.74 Å². The van der Waals surface area contributed by atoms with Gasteiger partial charge in [-0.05, 0) is 41.3 Å². The van der Waals surface area contributed by atoms with Gasteiger partial charge in [-0.1, -0.05) is 30.3 Å². The van der Waals surface area contributed by atoms with Gasteiger partial charge in [0.2, 0.25) is 5.91 Å². The van der Waals surface area contributed by atoms with Crippen molar-refractivity contribution in [1.82, 2.24) is 4.90 Å². The second-order valence-electron chi connectivity index (χ2n) is 5.51. The Morgan fingerprint density at radius 3 is 2.78 bits per heavy atom. The standard InChI is InChI=1S/C19H18FNO2/c1-23-18-12-14(6-8-17(18)20)7-9-19(22)21-11-10-15-4-2-3-5-16(15)13-21/h2-9,12H,10-11,13H2,1H3/b9-7+. The number of ether oxygens (including phenoxy) is 1. The van der Waals surface area contributed by atoms with Gasteiger partial charge in [-0.3, -0.25) is 4.79 Å². The fourth-order valence-corrected chi connectivity index (χ4v) is 2.74. The zero-order chi connectivity index (χ0) is 16.2. The molecule has 1 amide bonds. The summed E-state index contributed by atoms with van der Waals surface area (Å²) in [7, 11) is 1.42. The highest BCUT2D eigenvalue weighted by Gasteiger charge is 2.18. The largest absolute Gasteiger partial charge is 0.494 e. The van der Waals surface area contributed by atoms with Crippen molar-refractivity contribution in [2.24, 2.45) is 0 Å². The minimum absolute atomic E-state index is 0.0391. The van der Waals surface area contributed by atoms with Gasteiger partial charge < -0.3 is 9.64 Å². The molecule has 3 rings (SSSR count). The van der Waals surface area contributed by atoms with Crippen LogP contribution in [0.2, 0.25) is 0 Å². The molecule has 0 saturated carbocycles. The number of nitrogens with zero attached hydrogens (tertiary/aromatic N) is 1. The third-order valence-electron chi connectivity index (χ3n) is 4.04. The predicted molar refractivity (Wildman–Crippen MR) is 87.5 cm³/mol. The van der Waals surface area contributed by atoms with Crippen LogP contribution >= 0.6 is 0 Å². The van der Waals surface area contributed by atoms with Crippen LogP contribution in [0.4, 0.5) is 4.39 Å². The molecule has 0 saturated heterocycles. The highest BCUT2D eigenvalue weighted by atomic mass is 19.1. The molecule has 0 spiro atoms. The maximum Gasteiger partial charge on any atom is 0.246 e. The number of carbonyl (C=O) groups excluding carboxylic acids is 1. The van der Waals surface area contributed by atoms with Gasteiger partial charge in [0, 0.05) is 19.2 Å². The summed E-state index contributed by atoms with van der Waals surface area (Å²) < 4.78 is 18.3. The summed E-state index contributed by atoms with van der Waals surface area (Å²) in [6.07, 6.45) is 4.09. The molecule has 3 nitrogen and oxygen atoms in total. The Bertz CT molecular complexity index is 755. The van der Waals surface area contributed by atoms with Crippen molar-refractivity contribution in [3.05, 3.63) is 71.0 Å². The highest BCUT2D eigenvalue weighted by molar-refractivity contribution is 5.92. The monoisotopic (exact) mass is 311 g/mol. The molecule has 0 N–H and O–H groups in total. The van der Waals surface area contributed by atoms with E-state index in [0.29, 0.717) is 13.1 Å². The molecule has 1 aliphatic heterocycles. The van der Waals surface area contributed by atoms with Crippen molar-refractivity contribution in [2.45, 2.75) is 13.0 Å². The first-order valence-corrected chi connectivity index (χ1v) is 7.54. The Hall–Kier alpha value is -2.62. The van der Waals surface area contributed by atoms with Gasteiger partial charge >= 0.3 is 0 Å². The smallest absolute Gasteiger partial charge is 0.246 e. The Balaban J connectivity index is 1.70. The predicted octanol–water partition coefficient (Wildman–Crippen LogP) is 3.43. The zero-order valence-electron chi connectivity index (χ0n) is 13.0. The third-order valence-corrected chi connectivity index (χ3v) is 4.04. The Morgan fingerprint density at radius 2 is 2.00 bits per heavy atom. The number of fused-ring (bicyclic) bond motifs is 1. The van der Waals surface area contributed by atoms with E-state index < -0.39 is 5.82 Å². The Kier molecular flexibility index (Phi) is 4.42. The van der Waals surface area contributed by atoms with E-state index in [1.807, 2.05) is 17.0 Å². The first-order valence-electron chi connectivity index (χ1n) is 7.54. The molecular weight excluding hydrogens is 293 g/mol. The Labute approximate surface area is 135 Å². The highest BCUT2D eigenvalue weighted by Crippen LogP contribution is 2.20. The molecule has 0 atom stereocenters. The summed E-state index contributed by atoms with van der Waals surface area (Å²) in [5, 5.41) is 0. The zero-order valence-corrected chi connectivity index (χ0v) is 13.0. The molecule has 0 bridgehead atoms. The molecule has 118 valence electrons. The fraction of sp³-hybridized carbons (Fsp3) is 0.211. The van der Waals surface area contributed by atoms with E-state index in [2.05, 4.69) is 12.1 Å². The summed E-state index contributed by atoms with van der Waals surface area (Å²) in [5.41, 5.74) is 3.24. The molecule has 1 heterocycles. The molecular formula is C19H18FNO2. The van der Waals surface area contributed by atoms with Gasteiger partial charge in [-0.2, -0.15) is 0 Å². The third kappa shape index (κ3) is 3.42. The average Bonchev–Trinajstić information content (AvgIpc) is 2.60. The fourth-order valence-electron chi connectivity index (χ4n) is 2.74. The molecule has 0 aliphatic carbocycles. The maximum atomic E-state index is 13.4. The second kappa shape index (κ2) is 6.65. The minimum atomic E-state index is -0.413. The SMILES string of the molecule is COc1cc(/C=C/C(=O)N2CCc3ccccc3C2)ccc1F. The van der Waals surface area contributed by atoms with Crippen molar-refractivity contribution in [3.8, 4) is 5.75 Å². The van der Waals surface area contributed by atoms with E-state index in [1.54, 1.807) is 18.2 Å². The number of amides is 1. The van der Waals surface area contributed by atoms with Crippen molar-refractivity contribution < 1.29 is 13.9 Å². The number of hydrogen-bond acceptors (Lipinski definition) is 2. The van der Waals surface area contributed by atoms with E-state index in [9.17, 15) is 9.18 Å². The normalized spacial score (nSPS) is 13.9. The summed E-state index contributed by atoms with van der Waals surface area (Å²) in [6.45, 7) is 1.35. The average molecular weight is 311 g/mol. The van der Waals surface area contributed by atoms with Crippen LogP contribution in [0.25, 0.3) is 6.08 Å². The lowest BCUT2D eigenvalue weighted by atomic mass is 10.00. The number of halogens is 1. The summed E-state index contributed by atoms with van der Waals surface area (Å²) in [6, 6.07) is 12.7. The number of hydrogen-bond donors (Lipinski definition) is 0. The first-order chi connectivity index (χ1) is 11.2. The van der Waals surface area contributed by atoms with Crippen LogP contribution in [0, 0.1) is 5.82 Å².